The number of hydrogen-bond donors (Lipinski definition) is 0. The molecule has 0 radical (unpaired) electrons. The van der Waals surface area contributed by atoms with Crippen LogP contribution >= 0.6 is 0 Å². The van der Waals surface area contributed by atoms with Crippen molar-refractivity contribution in [1.82, 2.24) is 0 Å². The number of nitriles is 1. The molecule has 0 heterocycles. The molecular formula is C13H7N. The molecule has 0 aliphatic rings. The van der Waals surface area contributed by atoms with E-state index in [4.69, 9.17) is 11.7 Å². The summed E-state index contributed by atoms with van der Waals surface area (Å²) in [6, 6.07) is 13.6. The Hall–Kier alpha value is -2.25. The number of terminal acetylenes is 1. The van der Waals surface area contributed by atoms with Crippen LogP contribution in [0.1, 0.15) is 11.1 Å². The van der Waals surface area contributed by atoms with Crippen molar-refractivity contribution in [3.05, 3.63) is 47.5 Å². The van der Waals surface area contributed by atoms with Crippen LogP contribution in [0.25, 0.3) is 10.8 Å². The van der Waals surface area contributed by atoms with Crippen LogP contribution in [0.5, 0.6) is 0 Å². The topological polar surface area (TPSA) is 23.8 Å². The van der Waals surface area contributed by atoms with Crippen molar-refractivity contribution in [1.29, 1.82) is 5.26 Å². The second kappa shape index (κ2) is 3.24. The van der Waals surface area contributed by atoms with Crippen molar-refractivity contribution < 1.29 is 0 Å². The molecule has 1 heteroatoms. The number of rotatable bonds is 0. The summed E-state index contributed by atoms with van der Waals surface area (Å²) < 4.78 is 0. The first kappa shape index (κ1) is 8.35. The molecule has 0 aromatic heterocycles. The van der Waals surface area contributed by atoms with Gasteiger partial charge in [-0.1, -0.05) is 36.3 Å². The smallest absolute Gasteiger partial charge is 0.100 e. The normalized spacial score (nSPS) is 9.29. The number of fused-ring (bicyclic) bond motifs is 1. The monoisotopic (exact) mass is 177 g/mol. The molecule has 0 aliphatic carbocycles. The van der Waals surface area contributed by atoms with Gasteiger partial charge in [-0.2, -0.15) is 5.26 Å². The van der Waals surface area contributed by atoms with Crippen molar-refractivity contribution in [3.8, 4) is 18.4 Å². The minimum absolute atomic E-state index is 0.561. The first-order valence-electron chi connectivity index (χ1n) is 4.25. The van der Waals surface area contributed by atoms with Crippen molar-refractivity contribution >= 4 is 10.8 Å². The minimum atomic E-state index is 0.561. The highest BCUT2D eigenvalue weighted by Gasteiger charge is 2.03. The molecule has 0 spiro atoms. The Bertz CT molecular complexity index is 568. The van der Waals surface area contributed by atoms with E-state index in [-0.39, 0.29) is 0 Å². The van der Waals surface area contributed by atoms with Crippen molar-refractivity contribution in [3.63, 3.8) is 0 Å². The maximum absolute atomic E-state index is 8.86. The van der Waals surface area contributed by atoms with Crippen LogP contribution in [0.15, 0.2) is 36.4 Å². The van der Waals surface area contributed by atoms with Gasteiger partial charge in [-0.25, -0.2) is 0 Å². The highest BCUT2D eigenvalue weighted by molar-refractivity contribution is 5.90. The molecule has 2 aromatic carbocycles. The molecule has 0 saturated carbocycles. The molecule has 0 unspecified atom stereocenters. The lowest BCUT2D eigenvalue weighted by molar-refractivity contribution is 1.48. The maximum Gasteiger partial charge on any atom is 0.100 e. The molecule has 14 heavy (non-hydrogen) atoms. The molecule has 64 valence electrons. The molecule has 0 N–H and O–H groups in total. The first-order chi connectivity index (χ1) is 6.86. The second-order valence-corrected chi connectivity index (χ2v) is 2.97. The van der Waals surface area contributed by atoms with Gasteiger partial charge in [0.25, 0.3) is 0 Å². The molecule has 0 saturated heterocycles. The summed E-state index contributed by atoms with van der Waals surface area (Å²) in [5.41, 5.74) is 1.25. The Morgan fingerprint density at radius 3 is 2.57 bits per heavy atom. The van der Waals surface area contributed by atoms with E-state index in [2.05, 4.69) is 12.0 Å². The van der Waals surface area contributed by atoms with Crippen molar-refractivity contribution in [2.75, 3.05) is 0 Å². The van der Waals surface area contributed by atoms with Crippen LogP contribution in [-0.4, -0.2) is 0 Å². The van der Waals surface area contributed by atoms with E-state index in [1.807, 2.05) is 30.3 Å². The predicted octanol–water partition coefficient (Wildman–Crippen LogP) is 2.69. The van der Waals surface area contributed by atoms with Gasteiger partial charge in [-0.3, -0.25) is 0 Å². The lowest BCUT2D eigenvalue weighted by atomic mass is 10.0. The Labute approximate surface area is 82.6 Å². The maximum atomic E-state index is 8.86. The zero-order chi connectivity index (χ0) is 9.97. The lowest BCUT2D eigenvalue weighted by Crippen LogP contribution is -1.85. The largest absolute Gasteiger partial charge is 0.192 e. The Morgan fingerprint density at radius 2 is 1.86 bits per heavy atom. The average molecular weight is 177 g/mol. The molecule has 0 amide bonds. The Morgan fingerprint density at radius 1 is 1.07 bits per heavy atom. The second-order valence-electron chi connectivity index (χ2n) is 2.97. The molecule has 2 aromatic rings. The summed E-state index contributed by atoms with van der Waals surface area (Å²) in [6.45, 7) is 0. The fraction of sp³-hybridized carbons (Fsp3) is 0. The Balaban J connectivity index is 2.94. The predicted molar refractivity (Wildman–Crippen MR) is 56.6 cm³/mol. The number of hydrogen-bond acceptors (Lipinski definition) is 1. The number of benzene rings is 2. The van der Waals surface area contributed by atoms with E-state index in [0.29, 0.717) is 11.1 Å². The van der Waals surface area contributed by atoms with E-state index in [0.717, 1.165) is 10.8 Å². The molecule has 2 rings (SSSR count). The average Bonchev–Trinajstić information content (AvgIpc) is 2.27. The first-order valence-corrected chi connectivity index (χ1v) is 4.25. The molecular weight excluding hydrogens is 170 g/mol. The van der Waals surface area contributed by atoms with Gasteiger partial charge in [0, 0.05) is 5.56 Å². The van der Waals surface area contributed by atoms with Gasteiger partial charge >= 0.3 is 0 Å². The van der Waals surface area contributed by atoms with Crippen LogP contribution in [0.2, 0.25) is 0 Å². The quantitative estimate of drug-likeness (QED) is 0.567. The highest BCUT2D eigenvalue weighted by atomic mass is 14.2. The zero-order valence-corrected chi connectivity index (χ0v) is 7.49. The fourth-order valence-electron chi connectivity index (χ4n) is 1.52. The van der Waals surface area contributed by atoms with Crippen LogP contribution in [0, 0.1) is 23.7 Å². The van der Waals surface area contributed by atoms with E-state index in [9.17, 15) is 0 Å². The van der Waals surface area contributed by atoms with E-state index in [1.165, 1.54) is 0 Å². The van der Waals surface area contributed by atoms with Gasteiger partial charge in [-0.05, 0) is 16.8 Å². The number of nitrogens with zero attached hydrogens (tertiary/aromatic N) is 1. The minimum Gasteiger partial charge on any atom is -0.192 e. The van der Waals surface area contributed by atoms with Crippen molar-refractivity contribution in [2.45, 2.75) is 0 Å². The molecule has 0 atom stereocenters. The van der Waals surface area contributed by atoms with Gasteiger partial charge in [0.1, 0.15) is 6.07 Å². The van der Waals surface area contributed by atoms with Crippen LogP contribution in [0.3, 0.4) is 0 Å². The standard InChI is InChI=1S/C13H7N/c1-2-12-11(9-14)8-7-10-5-3-4-6-13(10)12/h1,3-8H. The zero-order valence-electron chi connectivity index (χ0n) is 7.49. The summed E-state index contributed by atoms with van der Waals surface area (Å²) in [6.07, 6.45) is 5.39. The van der Waals surface area contributed by atoms with Crippen molar-refractivity contribution in [2.24, 2.45) is 0 Å². The third-order valence-electron chi connectivity index (χ3n) is 2.19. The molecule has 1 nitrogen and oxygen atoms in total. The van der Waals surface area contributed by atoms with Crippen LogP contribution in [-0.2, 0) is 0 Å². The van der Waals surface area contributed by atoms with E-state index < -0.39 is 0 Å². The summed E-state index contributed by atoms with van der Waals surface area (Å²) in [4.78, 5) is 0. The van der Waals surface area contributed by atoms with Gasteiger partial charge in [0.2, 0.25) is 0 Å². The molecule has 0 bridgehead atoms. The summed E-state index contributed by atoms with van der Waals surface area (Å²) in [5, 5.41) is 10.9. The van der Waals surface area contributed by atoms with Crippen LogP contribution < -0.4 is 0 Å². The van der Waals surface area contributed by atoms with Gasteiger partial charge in [0.05, 0.1) is 5.56 Å². The summed E-state index contributed by atoms with van der Waals surface area (Å²) in [7, 11) is 0. The summed E-state index contributed by atoms with van der Waals surface area (Å²) in [5.74, 6) is 2.57. The van der Waals surface area contributed by atoms with Crippen LogP contribution in [0.4, 0.5) is 0 Å². The third-order valence-corrected chi connectivity index (χ3v) is 2.19. The molecule has 0 aliphatic heterocycles. The fourth-order valence-corrected chi connectivity index (χ4v) is 1.52. The molecule has 0 fully saturated rings. The third kappa shape index (κ3) is 1.13. The SMILES string of the molecule is C#Cc1c(C#N)ccc2ccccc12. The van der Waals surface area contributed by atoms with Gasteiger partial charge < -0.3 is 0 Å². The van der Waals surface area contributed by atoms with E-state index >= 15 is 0 Å². The highest BCUT2D eigenvalue weighted by Crippen LogP contribution is 2.20. The lowest BCUT2D eigenvalue weighted by Gasteiger charge is -2.01. The van der Waals surface area contributed by atoms with E-state index in [1.54, 1.807) is 6.07 Å². The summed E-state index contributed by atoms with van der Waals surface area (Å²) >= 11 is 0. The Kier molecular flexibility index (Phi) is 1.94. The van der Waals surface area contributed by atoms with Gasteiger partial charge in [-0.15, -0.1) is 6.42 Å². The van der Waals surface area contributed by atoms with Gasteiger partial charge in [0.15, 0.2) is 0 Å².